The van der Waals surface area contributed by atoms with E-state index in [-0.39, 0.29) is 5.97 Å². The van der Waals surface area contributed by atoms with E-state index in [9.17, 15) is 4.79 Å². The first-order valence-electron chi connectivity index (χ1n) is 6.81. The first-order valence-corrected chi connectivity index (χ1v) is 6.81. The minimum Gasteiger partial charge on any atom is -0.465 e. The molecule has 1 aromatic rings. The van der Waals surface area contributed by atoms with Crippen LogP contribution in [0.5, 0.6) is 0 Å². The Kier molecular flexibility index (Phi) is 5.90. The second kappa shape index (κ2) is 7.20. The van der Waals surface area contributed by atoms with Gasteiger partial charge in [-0.25, -0.2) is 0 Å². The van der Waals surface area contributed by atoms with Crippen LogP contribution in [0, 0.1) is 0 Å². The Morgan fingerprint density at radius 2 is 1.78 bits per heavy atom. The second-order valence-corrected chi connectivity index (χ2v) is 5.19. The Morgan fingerprint density at radius 1 is 1.11 bits per heavy atom. The monoisotopic (exact) mass is 248 g/mol. The summed E-state index contributed by atoms with van der Waals surface area (Å²) < 4.78 is 5.37. The predicted octanol–water partition coefficient (Wildman–Crippen LogP) is 4.09. The van der Waals surface area contributed by atoms with Crippen molar-refractivity contribution < 1.29 is 9.53 Å². The molecule has 0 N–H and O–H groups in total. The predicted molar refractivity (Wildman–Crippen MR) is 74.6 cm³/mol. The fourth-order valence-corrected chi connectivity index (χ4v) is 1.85. The quantitative estimate of drug-likeness (QED) is 0.536. The molecule has 100 valence electrons. The molecule has 0 aliphatic rings. The van der Waals surface area contributed by atoms with Gasteiger partial charge in [0.25, 0.3) is 0 Å². The van der Waals surface area contributed by atoms with E-state index in [1.165, 1.54) is 12.8 Å². The Hall–Kier alpha value is -1.31. The SMILES string of the molecule is CCCCCCOC(=O)C(C)(C)c1ccccc1. The van der Waals surface area contributed by atoms with Crippen LogP contribution in [-0.4, -0.2) is 12.6 Å². The molecule has 0 aliphatic carbocycles. The van der Waals surface area contributed by atoms with Crippen LogP contribution in [0.3, 0.4) is 0 Å². The summed E-state index contributed by atoms with van der Waals surface area (Å²) in [5.74, 6) is -0.134. The highest BCUT2D eigenvalue weighted by atomic mass is 16.5. The van der Waals surface area contributed by atoms with E-state index in [1.807, 2.05) is 44.2 Å². The largest absolute Gasteiger partial charge is 0.465 e. The van der Waals surface area contributed by atoms with E-state index in [0.717, 1.165) is 18.4 Å². The number of hydrogen-bond acceptors (Lipinski definition) is 2. The number of ether oxygens (including phenoxy) is 1. The normalized spacial score (nSPS) is 11.3. The van der Waals surface area contributed by atoms with Gasteiger partial charge >= 0.3 is 5.97 Å². The van der Waals surface area contributed by atoms with E-state index in [0.29, 0.717) is 6.61 Å². The first kappa shape index (κ1) is 14.7. The molecule has 0 saturated carbocycles. The highest BCUT2D eigenvalue weighted by Crippen LogP contribution is 2.24. The lowest BCUT2D eigenvalue weighted by Crippen LogP contribution is -2.31. The van der Waals surface area contributed by atoms with Crippen LogP contribution in [0.25, 0.3) is 0 Å². The summed E-state index contributed by atoms with van der Waals surface area (Å²) in [7, 11) is 0. The minimum absolute atomic E-state index is 0.134. The maximum Gasteiger partial charge on any atom is 0.315 e. The van der Waals surface area contributed by atoms with Crippen molar-refractivity contribution >= 4 is 5.97 Å². The van der Waals surface area contributed by atoms with Gasteiger partial charge in [0.2, 0.25) is 0 Å². The van der Waals surface area contributed by atoms with Gasteiger partial charge in [-0.15, -0.1) is 0 Å². The van der Waals surface area contributed by atoms with Gasteiger partial charge in [-0.2, -0.15) is 0 Å². The number of unbranched alkanes of at least 4 members (excludes halogenated alkanes) is 3. The number of hydrogen-bond donors (Lipinski definition) is 0. The lowest BCUT2D eigenvalue weighted by atomic mass is 9.85. The third kappa shape index (κ3) is 4.17. The van der Waals surface area contributed by atoms with Crippen molar-refractivity contribution in [2.45, 2.75) is 51.9 Å². The number of benzene rings is 1. The maximum atomic E-state index is 12.1. The van der Waals surface area contributed by atoms with Crippen molar-refractivity contribution in [3.63, 3.8) is 0 Å². The summed E-state index contributed by atoms with van der Waals surface area (Å²) in [5, 5.41) is 0. The molecule has 0 atom stereocenters. The molecule has 0 aromatic heterocycles. The lowest BCUT2D eigenvalue weighted by molar-refractivity contribution is -0.149. The molecule has 0 unspecified atom stereocenters. The van der Waals surface area contributed by atoms with Crippen LogP contribution in [0.4, 0.5) is 0 Å². The zero-order valence-corrected chi connectivity index (χ0v) is 11.7. The highest BCUT2D eigenvalue weighted by Gasteiger charge is 2.31. The Balaban J connectivity index is 2.45. The zero-order valence-electron chi connectivity index (χ0n) is 11.7. The third-order valence-corrected chi connectivity index (χ3v) is 3.24. The minimum atomic E-state index is -0.563. The van der Waals surface area contributed by atoms with E-state index >= 15 is 0 Å². The summed E-state index contributed by atoms with van der Waals surface area (Å²) in [5.41, 5.74) is 0.440. The summed E-state index contributed by atoms with van der Waals surface area (Å²) in [6, 6.07) is 9.80. The average molecular weight is 248 g/mol. The Morgan fingerprint density at radius 3 is 2.39 bits per heavy atom. The molecule has 0 heterocycles. The summed E-state index contributed by atoms with van der Waals surface area (Å²) in [6.45, 7) is 6.53. The molecule has 0 bridgehead atoms. The van der Waals surface area contributed by atoms with Crippen molar-refractivity contribution in [3.05, 3.63) is 35.9 Å². The number of carbonyl (C=O) groups is 1. The van der Waals surface area contributed by atoms with Gasteiger partial charge in [-0.05, 0) is 25.8 Å². The summed E-state index contributed by atoms with van der Waals surface area (Å²) >= 11 is 0. The first-order chi connectivity index (χ1) is 8.59. The second-order valence-electron chi connectivity index (χ2n) is 5.19. The molecule has 0 fully saturated rings. The molecule has 0 saturated heterocycles. The molecule has 2 heteroatoms. The smallest absolute Gasteiger partial charge is 0.315 e. The van der Waals surface area contributed by atoms with Gasteiger partial charge in [0.1, 0.15) is 0 Å². The molecule has 1 rings (SSSR count). The van der Waals surface area contributed by atoms with Crippen LogP contribution >= 0.6 is 0 Å². The van der Waals surface area contributed by atoms with Gasteiger partial charge in [-0.3, -0.25) is 4.79 Å². The molecular formula is C16H24O2. The van der Waals surface area contributed by atoms with Crippen LogP contribution in [0.15, 0.2) is 30.3 Å². The molecule has 1 aromatic carbocycles. The topological polar surface area (TPSA) is 26.3 Å². The molecule has 0 aliphatic heterocycles. The molecule has 0 spiro atoms. The van der Waals surface area contributed by atoms with Crippen LogP contribution in [0.2, 0.25) is 0 Å². The molecular weight excluding hydrogens is 224 g/mol. The Bertz CT molecular complexity index is 355. The van der Waals surface area contributed by atoms with E-state index < -0.39 is 5.41 Å². The molecule has 2 nitrogen and oxygen atoms in total. The summed E-state index contributed by atoms with van der Waals surface area (Å²) in [6.07, 6.45) is 4.50. The number of rotatable bonds is 7. The van der Waals surface area contributed by atoms with Gasteiger partial charge < -0.3 is 4.74 Å². The van der Waals surface area contributed by atoms with Crippen molar-refractivity contribution in [2.75, 3.05) is 6.61 Å². The fourth-order valence-electron chi connectivity index (χ4n) is 1.85. The van der Waals surface area contributed by atoms with E-state index in [4.69, 9.17) is 4.74 Å². The highest BCUT2D eigenvalue weighted by molar-refractivity contribution is 5.82. The van der Waals surface area contributed by atoms with E-state index in [1.54, 1.807) is 0 Å². The van der Waals surface area contributed by atoms with Crippen molar-refractivity contribution in [1.82, 2.24) is 0 Å². The van der Waals surface area contributed by atoms with Crippen LogP contribution < -0.4 is 0 Å². The molecule has 0 radical (unpaired) electrons. The number of carbonyl (C=O) groups excluding carboxylic acids is 1. The van der Waals surface area contributed by atoms with Gasteiger partial charge in [0.15, 0.2) is 0 Å². The fraction of sp³-hybridized carbons (Fsp3) is 0.562. The zero-order chi connectivity index (χ0) is 13.4. The van der Waals surface area contributed by atoms with Gasteiger partial charge in [0, 0.05) is 0 Å². The molecule has 0 amide bonds. The van der Waals surface area contributed by atoms with Gasteiger partial charge in [-0.1, -0.05) is 56.5 Å². The van der Waals surface area contributed by atoms with Crippen LogP contribution in [-0.2, 0) is 14.9 Å². The van der Waals surface area contributed by atoms with E-state index in [2.05, 4.69) is 6.92 Å². The standard InChI is InChI=1S/C16H24O2/c1-4-5-6-10-13-18-15(17)16(2,3)14-11-8-7-9-12-14/h7-9,11-12H,4-6,10,13H2,1-3H3. The average Bonchev–Trinajstić information content (AvgIpc) is 2.39. The lowest BCUT2D eigenvalue weighted by Gasteiger charge is -2.23. The third-order valence-electron chi connectivity index (χ3n) is 3.24. The van der Waals surface area contributed by atoms with Crippen molar-refractivity contribution in [1.29, 1.82) is 0 Å². The van der Waals surface area contributed by atoms with Crippen molar-refractivity contribution in [3.8, 4) is 0 Å². The van der Waals surface area contributed by atoms with Gasteiger partial charge in [0.05, 0.1) is 12.0 Å². The summed E-state index contributed by atoms with van der Waals surface area (Å²) in [4.78, 5) is 12.1. The maximum absolute atomic E-state index is 12.1. The molecule has 18 heavy (non-hydrogen) atoms. The Labute approximate surface area is 110 Å². The van der Waals surface area contributed by atoms with Crippen LogP contribution in [0.1, 0.15) is 52.0 Å². The van der Waals surface area contributed by atoms with Crippen molar-refractivity contribution in [2.24, 2.45) is 0 Å². The number of esters is 1.